The molecule has 3 aromatic heterocycles. The van der Waals surface area contributed by atoms with Crippen molar-refractivity contribution in [2.45, 2.75) is 129 Å². The van der Waals surface area contributed by atoms with Crippen LogP contribution in [0.15, 0.2) is 61.2 Å². The van der Waals surface area contributed by atoms with Gasteiger partial charge in [-0.15, -0.1) is 0 Å². The Bertz CT molecular complexity index is 2650. The number of esters is 2. The maximum atomic E-state index is 11.8. The third-order valence-electron chi connectivity index (χ3n) is 14.3. The number of aryl methyl sites for hydroxylation is 3. The summed E-state index contributed by atoms with van der Waals surface area (Å²) in [5, 5.41) is 13.0. The van der Waals surface area contributed by atoms with Gasteiger partial charge in [0.1, 0.15) is 0 Å². The average molecular weight is 1000 g/mol. The van der Waals surface area contributed by atoms with Crippen LogP contribution in [0.2, 0.25) is 0 Å². The second-order valence-electron chi connectivity index (χ2n) is 17.5. The molecule has 356 valence electrons. The number of carbonyl (C=O) groups excluding carboxylic acids is 2. The maximum Gasteiger partial charge on any atom is 1.00 e. The molecule has 3 aliphatic rings. The van der Waals surface area contributed by atoms with Crippen LogP contribution in [0.3, 0.4) is 0 Å². The monoisotopic (exact) mass is 1000 g/mol. The van der Waals surface area contributed by atoms with Crippen molar-refractivity contribution in [1.82, 2.24) is 13.7 Å². The molecule has 12 heteroatoms. The molecule has 6 aromatic rings. The molecule has 0 unspecified atom stereocenters. The molecule has 3 aromatic carbocycles. The number of hydrogen-bond acceptors (Lipinski definition) is 6. The fraction of sp³-hybridized carbons (Fsp3) is 0.463. The number of methoxy groups -OCH3 is 2. The van der Waals surface area contributed by atoms with Gasteiger partial charge in [-0.1, -0.05) is 84.6 Å². The molecule has 0 spiro atoms. The zero-order valence-electron chi connectivity index (χ0n) is 39.7. The minimum absolute atomic E-state index is 0. The summed E-state index contributed by atoms with van der Waals surface area (Å²) in [4.78, 5) is 34.7. The second kappa shape index (κ2) is 24.9. The first-order valence-electron chi connectivity index (χ1n) is 22.8. The molecule has 2 N–H and O–H groups in total. The Morgan fingerprint density at radius 2 is 0.939 bits per heavy atom. The number of carbonyl (C=O) groups is 3. The first-order valence-corrected chi connectivity index (χ1v) is 22.8. The van der Waals surface area contributed by atoms with Crippen molar-refractivity contribution in [3.63, 3.8) is 0 Å². The van der Waals surface area contributed by atoms with E-state index in [9.17, 15) is 19.5 Å². The number of aromatic nitrogens is 3. The van der Waals surface area contributed by atoms with Crippen LogP contribution in [0.5, 0.6) is 0 Å². The topological polar surface area (TPSA) is 135 Å². The van der Waals surface area contributed by atoms with E-state index in [1.54, 1.807) is 6.07 Å². The van der Waals surface area contributed by atoms with Gasteiger partial charge in [0, 0.05) is 92.8 Å². The van der Waals surface area contributed by atoms with E-state index in [2.05, 4.69) is 60.4 Å². The molecule has 0 bridgehead atoms. The number of ether oxygens (including phenoxy) is 2. The van der Waals surface area contributed by atoms with Crippen molar-refractivity contribution >= 4 is 56.7 Å². The smallest absolute Gasteiger partial charge is 0.870 e. The zero-order chi connectivity index (χ0) is 44.2. The third kappa shape index (κ3) is 11.0. The Kier molecular flexibility index (Phi) is 21.3. The molecule has 0 amide bonds. The van der Waals surface area contributed by atoms with Crippen molar-refractivity contribution in [2.24, 2.45) is 21.1 Å². The molecule has 0 saturated heterocycles. The Balaban J connectivity index is 0.000000333. The number of benzene rings is 3. The third-order valence-corrected chi connectivity index (χ3v) is 14.3. The van der Waals surface area contributed by atoms with E-state index in [1.807, 2.05) is 49.5 Å². The summed E-state index contributed by atoms with van der Waals surface area (Å²) in [7, 11) is 9.06. The molecular weight excluding hydrogens is 932 g/mol. The Morgan fingerprint density at radius 3 is 1.27 bits per heavy atom. The number of fused-ring (bicyclic) bond motifs is 3. The fourth-order valence-corrected chi connectivity index (χ4v) is 11.2. The van der Waals surface area contributed by atoms with E-state index >= 15 is 0 Å². The van der Waals surface area contributed by atoms with Gasteiger partial charge in [-0.25, -0.2) is 14.4 Å². The van der Waals surface area contributed by atoms with Gasteiger partial charge in [0.25, 0.3) is 0 Å². The second-order valence-corrected chi connectivity index (χ2v) is 17.5. The Hall–Kier alpha value is -3.95. The maximum absolute atomic E-state index is 11.8. The summed E-state index contributed by atoms with van der Waals surface area (Å²) >= 11 is 0. The van der Waals surface area contributed by atoms with E-state index in [4.69, 9.17) is 9.47 Å². The van der Waals surface area contributed by atoms with Gasteiger partial charge in [0.05, 0.1) is 30.9 Å². The molecule has 9 rings (SSSR count). The van der Waals surface area contributed by atoms with E-state index in [0.717, 1.165) is 29.4 Å². The van der Waals surface area contributed by atoms with Gasteiger partial charge in [0.2, 0.25) is 0 Å². The van der Waals surface area contributed by atoms with Crippen LogP contribution < -0.4 is 29.6 Å². The SMILES string of the molecule is C.C=Cc1c(C2CCCC2)c2ccc(C(=O)OC)cc2n1C.CCc1c(C2CCCC2)c2ccc(C(=O)O)cc2n1C.CCc1c(C2CCCC2)c2ccc(C(=O)OC)cc2n1C.[HH].[Na+].[OH-].[Pd]. The largest absolute Gasteiger partial charge is 1.00 e. The number of carboxylic acid groups (broad SMARTS) is 1. The van der Waals surface area contributed by atoms with E-state index in [1.165, 1.54) is 141 Å². The molecule has 10 nitrogen and oxygen atoms in total. The van der Waals surface area contributed by atoms with Crippen molar-refractivity contribution < 1.29 is 85.8 Å². The molecule has 3 aliphatic carbocycles. The summed E-state index contributed by atoms with van der Waals surface area (Å²) in [6.45, 7) is 8.38. The van der Waals surface area contributed by atoms with Crippen LogP contribution in [0.1, 0.15) is 182 Å². The zero-order valence-corrected chi connectivity index (χ0v) is 43.3. The standard InChI is InChI=1S/C18H23NO2.C18H21NO2.C17H21NO2.CH4.Na.H2O.Pd.H2/c2*1-4-15-17(12-7-5-6-8-12)14-10-9-13(18(20)21-3)11-16(14)19(15)2;1-3-14-16(11-6-4-5-7-11)13-9-8-12(17(19)20)10-15(13)18(14)2;;;;;/h9-12H,4-8H2,1-3H3;4,9-12H,1,5-8H2,2-3H3;8-11H,3-7H2,1-2H3,(H,19,20);1H4;;1H2;;1H/q;;;;+1;;;/p-1. The predicted molar refractivity (Wildman–Crippen MR) is 262 cm³/mol. The quantitative estimate of drug-likeness (QED) is 0.113. The van der Waals surface area contributed by atoms with Crippen LogP contribution in [-0.2, 0) is 63.9 Å². The normalized spacial score (nSPS) is 14.8. The van der Waals surface area contributed by atoms with Gasteiger partial charge in [0.15, 0.2) is 0 Å². The van der Waals surface area contributed by atoms with Crippen LogP contribution in [0.4, 0.5) is 0 Å². The van der Waals surface area contributed by atoms with E-state index in [0.29, 0.717) is 34.4 Å². The number of nitrogens with zero attached hydrogens (tertiary/aromatic N) is 3. The van der Waals surface area contributed by atoms with E-state index < -0.39 is 5.97 Å². The molecule has 0 atom stereocenters. The Labute approximate surface area is 429 Å². The summed E-state index contributed by atoms with van der Waals surface area (Å²) in [5.41, 5.74) is 13.2. The van der Waals surface area contributed by atoms with Crippen molar-refractivity contribution in [3.8, 4) is 0 Å². The molecule has 66 heavy (non-hydrogen) atoms. The number of aromatic carboxylic acids is 1. The first kappa shape index (κ1) is 56.4. The van der Waals surface area contributed by atoms with Crippen LogP contribution >= 0.6 is 0 Å². The number of carboxylic acids is 1. The summed E-state index contributed by atoms with van der Waals surface area (Å²) in [6, 6.07) is 17.4. The van der Waals surface area contributed by atoms with Crippen LogP contribution in [-0.4, -0.2) is 56.4 Å². The van der Waals surface area contributed by atoms with Crippen molar-refractivity contribution in [1.29, 1.82) is 0 Å². The van der Waals surface area contributed by atoms with Gasteiger partial charge in [-0.3, -0.25) is 0 Å². The van der Waals surface area contributed by atoms with Gasteiger partial charge < -0.3 is 33.8 Å². The number of rotatable bonds is 9. The minimum atomic E-state index is -0.853. The fourth-order valence-electron chi connectivity index (χ4n) is 11.2. The predicted octanol–water partition coefficient (Wildman–Crippen LogP) is 10.3. The molecule has 3 fully saturated rings. The average Bonchev–Trinajstić information content (AvgIpc) is 4.17. The number of hydrogen-bond donors (Lipinski definition) is 1. The summed E-state index contributed by atoms with van der Waals surface area (Å²) in [6.07, 6.45) is 19.5. The van der Waals surface area contributed by atoms with Crippen molar-refractivity contribution in [3.05, 3.63) is 112 Å². The summed E-state index contributed by atoms with van der Waals surface area (Å²) in [5.74, 6) is 0.551. The van der Waals surface area contributed by atoms with Crippen LogP contribution in [0, 0.1) is 0 Å². The molecule has 3 heterocycles. The van der Waals surface area contributed by atoms with Gasteiger partial charge >= 0.3 is 47.5 Å². The first-order chi connectivity index (χ1) is 30.0. The Morgan fingerprint density at radius 1 is 0.621 bits per heavy atom. The molecule has 0 radical (unpaired) electrons. The molecular formula is C54H72N3NaO7Pd. The van der Waals surface area contributed by atoms with Crippen molar-refractivity contribution in [2.75, 3.05) is 14.2 Å². The van der Waals surface area contributed by atoms with Gasteiger partial charge in [-0.05, 0) is 128 Å². The minimum Gasteiger partial charge on any atom is -0.870 e. The summed E-state index contributed by atoms with van der Waals surface area (Å²) < 4.78 is 16.3. The molecule has 0 aliphatic heterocycles. The van der Waals surface area contributed by atoms with Gasteiger partial charge in [-0.2, -0.15) is 0 Å². The van der Waals surface area contributed by atoms with E-state index in [-0.39, 0.29) is 76.2 Å². The molecule has 3 saturated carbocycles. The van der Waals surface area contributed by atoms with Crippen LogP contribution in [0.25, 0.3) is 38.8 Å².